The lowest BCUT2D eigenvalue weighted by molar-refractivity contribution is 0.369. The van der Waals surface area contributed by atoms with Crippen LogP contribution in [0.25, 0.3) is 10.9 Å². The van der Waals surface area contributed by atoms with Gasteiger partial charge in [-0.25, -0.2) is 0 Å². The van der Waals surface area contributed by atoms with Crippen LogP contribution in [-0.4, -0.2) is 30.3 Å². The number of hydrogen-bond donors (Lipinski definition) is 3. The third kappa shape index (κ3) is 7.28. The van der Waals surface area contributed by atoms with Crippen LogP contribution in [0.1, 0.15) is 38.3 Å². The van der Waals surface area contributed by atoms with Crippen molar-refractivity contribution in [2.75, 3.05) is 25.5 Å². The Kier molecular flexibility index (Phi) is 9.61. The van der Waals surface area contributed by atoms with Gasteiger partial charge in [-0.3, -0.25) is 4.98 Å². The molecule has 1 heterocycles. The van der Waals surface area contributed by atoms with Gasteiger partial charge in [0.25, 0.3) is 0 Å². The average Bonchev–Trinajstić information content (AvgIpc) is 2.86. The van der Waals surface area contributed by atoms with Crippen molar-refractivity contribution in [2.24, 2.45) is 0 Å². The minimum absolute atomic E-state index is 0. The van der Waals surface area contributed by atoms with E-state index in [1.54, 1.807) is 13.2 Å². The second kappa shape index (κ2) is 12.7. The molecule has 1 aromatic heterocycles. The number of fused-ring (bicyclic) bond motifs is 1. The third-order valence-corrected chi connectivity index (χ3v) is 6.13. The third-order valence-electron chi connectivity index (χ3n) is 6.13. The van der Waals surface area contributed by atoms with E-state index in [9.17, 15) is 5.11 Å². The van der Waals surface area contributed by atoms with Gasteiger partial charge in [0, 0.05) is 42.0 Å². The fourth-order valence-electron chi connectivity index (χ4n) is 4.04. The van der Waals surface area contributed by atoms with Crippen molar-refractivity contribution >= 4 is 29.0 Å². The van der Waals surface area contributed by atoms with Crippen LogP contribution in [0, 0.1) is 0 Å². The number of anilines is 1. The molecule has 0 aliphatic heterocycles. The van der Waals surface area contributed by atoms with Gasteiger partial charge >= 0.3 is 0 Å². The van der Waals surface area contributed by atoms with Gasteiger partial charge in [-0.15, -0.1) is 12.4 Å². The highest BCUT2D eigenvalue weighted by atomic mass is 35.5. The highest BCUT2D eigenvalue weighted by Crippen LogP contribution is 2.31. The summed E-state index contributed by atoms with van der Waals surface area (Å²) in [6.07, 6.45) is 2.75. The number of aromatic hydroxyl groups is 1. The Hall–Kier alpha value is -3.48. The van der Waals surface area contributed by atoms with E-state index in [-0.39, 0.29) is 23.6 Å². The Morgan fingerprint density at radius 3 is 2.41 bits per heavy atom. The predicted octanol–water partition coefficient (Wildman–Crippen LogP) is 7.05. The van der Waals surface area contributed by atoms with Crippen LogP contribution in [0.15, 0.2) is 72.9 Å². The van der Waals surface area contributed by atoms with Crippen LogP contribution < -0.4 is 20.1 Å². The molecule has 3 N–H and O–H groups in total. The monoisotopic (exact) mass is 521 g/mol. The number of benzene rings is 3. The molecule has 0 atom stereocenters. The first-order valence-electron chi connectivity index (χ1n) is 12.3. The predicted molar refractivity (Wildman–Crippen MR) is 154 cm³/mol. The van der Waals surface area contributed by atoms with Gasteiger partial charge < -0.3 is 25.2 Å². The molecular weight excluding hydrogens is 486 g/mol. The van der Waals surface area contributed by atoms with Crippen LogP contribution in [0.2, 0.25) is 0 Å². The molecule has 6 nitrogen and oxygen atoms in total. The zero-order valence-corrected chi connectivity index (χ0v) is 22.7. The first kappa shape index (κ1) is 28.1. The first-order valence-corrected chi connectivity index (χ1v) is 12.3. The Morgan fingerprint density at radius 1 is 0.919 bits per heavy atom. The summed E-state index contributed by atoms with van der Waals surface area (Å²) in [5.74, 6) is 2.26. The van der Waals surface area contributed by atoms with Gasteiger partial charge in [-0.1, -0.05) is 45.0 Å². The number of nitrogens with one attached hydrogen (secondary N) is 2. The van der Waals surface area contributed by atoms with Gasteiger partial charge in [0.1, 0.15) is 11.5 Å². The topological polar surface area (TPSA) is 75.6 Å². The number of para-hydroxylation sites is 1. The fourth-order valence-corrected chi connectivity index (χ4v) is 4.04. The normalized spacial score (nSPS) is 11.1. The lowest BCUT2D eigenvalue weighted by Crippen LogP contribution is -2.17. The number of pyridine rings is 1. The molecule has 0 radical (unpaired) electrons. The minimum atomic E-state index is 0. The maximum absolute atomic E-state index is 10.2. The number of methoxy groups -OCH3 is 1. The maximum Gasteiger partial charge on any atom is 0.162 e. The number of rotatable bonds is 10. The van der Waals surface area contributed by atoms with Crippen molar-refractivity contribution in [3.05, 3.63) is 84.1 Å². The Bertz CT molecular complexity index is 1300. The Morgan fingerprint density at radius 2 is 1.68 bits per heavy atom. The molecule has 37 heavy (non-hydrogen) atoms. The number of phenols is 1. The van der Waals surface area contributed by atoms with E-state index < -0.39 is 0 Å². The lowest BCUT2D eigenvalue weighted by atomic mass is 9.87. The van der Waals surface area contributed by atoms with Crippen molar-refractivity contribution in [1.29, 1.82) is 0 Å². The van der Waals surface area contributed by atoms with Crippen LogP contribution in [0.4, 0.5) is 5.69 Å². The van der Waals surface area contributed by atoms with Crippen LogP contribution >= 0.6 is 12.4 Å². The summed E-state index contributed by atoms with van der Waals surface area (Å²) in [4.78, 5) is 4.54. The van der Waals surface area contributed by atoms with E-state index in [4.69, 9.17) is 9.47 Å². The van der Waals surface area contributed by atoms with E-state index in [2.05, 4.69) is 48.5 Å². The standard InChI is InChI=1S/C30H35N3O3.ClH/c1-30(2,3)22-9-11-23(12-10-22)36-24-13-14-25-26(15-18-33-27(25)19-24)32-17-6-16-31-20-21-7-5-8-28(35-4)29(21)34;/h5,7-15,18-19,31,34H,6,16-17,20H2,1-4H3,(H,32,33);1H. The number of hydrogen-bond acceptors (Lipinski definition) is 6. The largest absolute Gasteiger partial charge is 0.504 e. The highest BCUT2D eigenvalue weighted by molar-refractivity contribution is 5.91. The van der Waals surface area contributed by atoms with E-state index >= 15 is 0 Å². The molecule has 0 aliphatic rings. The maximum atomic E-state index is 10.2. The van der Waals surface area contributed by atoms with Crippen molar-refractivity contribution < 1.29 is 14.6 Å². The van der Waals surface area contributed by atoms with Gasteiger partial charge in [-0.05, 0) is 60.3 Å². The molecule has 0 amide bonds. The molecule has 0 saturated carbocycles. The molecule has 4 aromatic rings. The second-order valence-corrected chi connectivity index (χ2v) is 9.84. The molecule has 196 valence electrons. The number of aromatic nitrogens is 1. The van der Waals surface area contributed by atoms with E-state index in [0.717, 1.165) is 53.2 Å². The van der Waals surface area contributed by atoms with E-state index in [1.165, 1.54) is 5.56 Å². The summed E-state index contributed by atoms with van der Waals surface area (Å²) in [5, 5.41) is 18.1. The van der Waals surface area contributed by atoms with E-state index in [1.807, 2.05) is 54.7 Å². The second-order valence-electron chi connectivity index (χ2n) is 9.84. The van der Waals surface area contributed by atoms with Gasteiger partial charge in [0.15, 0.2) is 11.5 Å². The summed E-state index contributed by atoms with van der Waals surface area (Å²) < 4.78 is 11.3. The number of ether oxygens (including phenoxy) is 2. The number of phenolic OH excluding ortho intramolecular Hbond substituents is 1. The Labute approximate surface area is 225 Å². The van der Waals surface area contributed by atoms with Gasteiger partial charge in [0.2, 0.25) is 0 Å². The first-order chi connectivity index (χ1) is 17.3. The quantitative estimate of drug-likeness (QED) is 0.194. The number of nitrogens with zero attached hydrogens (tertiary/aromatic N) is 1. The molecule has 0 bridgehead atoms. The lowest BCUT2D eigenvalue weighted by Gasteiger charge is -2.19. The molecular formula is C30H36ClN3O3. The van der Waals surface area contributed by atoms with Crippen molar-refractivity contribution in [1.82, 2.24) is 10.3 Å². The van der Waals surface area contributed by atoms with Crippen LogP contribution in [0.5, 0.6) is 23.0 Å². The molecule has 0 unspecified atom stereocenters. The summed E-state index contributed by atoms with van der Waals surface area (Å²) in [6, 6.07) is 21.8. The average molecular weight is 522 g/mol. The zero-order valence-electron chi connectivity index (χ0n) is 21.9. The molecule has 7 heteroatoms. The molecule has 0 saturated heterocycles. The molecule has 3 aromatic carbocycles. The van der Waals surface area contributed by atoms with Crippen molar-refractivity contribution in [3.8, 4) is 23.0 Å². The fraction of sp³-hybridized carbons (Fsp3) is 0.300. The summed E-state index contributed by atoms with van der Waals surface area (Å²) in [5.41, 5.74) is 4.15. The minimum Gasteiger partial charge on any atom is -0.504 e. The van der Waals surface area contributed by atoms with Crippen molar-refractivity contribution in [2.45, 2.75) is 39.2 Å². The zero-order chi connectivity index (χ0) is 25.5. The molecule has 4 rings (SSSR count). The Balaban J connectivity index is 0.00000380. The smallest absolute Gasteiger partial charge is 0.162 e. The summed E-state index contributed by atoms with van der Waals surface area (Å²) in [6.45, 7) is 8.83. The van der Waals surface area contributed by atoms with Gasteiger partial charge in [0.05, 0.1) is 12.6 Å². The molecule has 0 fully saturated rings. The number of halogens is 1. The van der Waals surface area contributed by atoms with Gasteiger partial charge in [-0.2, -0.15) is 0 Å². The summed E-state index contributed by atoms with van der Waals surface area (Å²) >= 11 is 0. The van der Waals surface area contributed by atoms with Crippen molar-refractivity contribution in [3.63, 3.8) is 0 Å². The SMILES string of the molecule is COc1cccc(CNCCCNc2ccnc3cc(Oc4ccc(C(C)(C)C)cc4)ccc23)c1O.Cl. The van der Waals surface area contributed by atoms with Crippen LogP contribution in [-0.2, 0) is 12.0 Å². The molecule has 0 aliphatic carbocycles. The van der Waals surface area contributed by atoms with Crippen LogP contribution in [0.3, 0.4) is 0 Å². The molecule has 0 spiro atoms. The van der Waals surface area contributed by atoms with E-state index in [0.29, 0.717) is 12.3 Å². The summed E-state index contributed by atoms with van der Waals surface area (Å²) in [7, 11) is 1.56. The highest BCUT2D eigenvalue weighted by Gasteiger charge is 2.13.